The van der Waals surface area contributed by atoms with Gasteiger partial charge >= 0.3 is 0 Å². The minimum Gasteiger partial charge on any atom is -0.591 e. The van der Waals surface area contributed by atoms with Crippen molar-refractivity contribution in [2.45, 2.75) is 58.6 Å². The lowest BCUT2D eigenvalue weighted by atomic mass is 9.86. The first-order valence-corrected chi connectivity index (χ1v) is 7.71. The molecule has 0 aliphatic heterocycles. The van der Waals surface area contributed by atoms with Crippen LogP contribution in [0.5, 0.6) is 0 Å². The zero-order chi connectivity index (χ0) is 14.8. The van der Waals surface area contributed by atoms with E-state index in [1.165, 1.54) is 5.56 Å². The van der Waals surface area contributed by atoms with E-state index < -0.39 is 11.4 Å². The van der Waals surface area contributed by atoms with Gasteiger partial charge in [-0.25, -0.2) is 0 Å². The molecule has 106 valence electrons. The van der Waals surface area contributed by atoms with Crippen molar-refractivity contribution in [1.82, 2.24) is 0 Å². The van der Waals surface area contributed by atoms with Gasteiger partial charge in [0.05, 0.1) is 5.71 Å². The fourth-order valence-electron chi connectivity index (χ4n) is 1.53. The summed E-state index contributed by atoms with van der Waals surface area (Å²) in [5.41, 5.74) is 3.30. The Morgan fingerprint density at radius 3 is 1.84 bits per heavy atom. The van der Waals surface area contributed by atoms with Crippen molar-refractivity contribution in [2.24, 2.45) is 4.40 Å². The van der Waals surface area contributed by atoms with Gasteiger partial charge in [0.15, 0.2) is 0 Å². The molecule has 1 aromatic carbocycles. The van der Waals surface area contributed by atoms with Gasteiger partial charge < -0.3 is 4.55 Å². The molecule has 0 unspecified atom stereocenters. The molecule has 0 bridgehead atoms. The maximum absolute atomic E-state index is 12.0. The van der Waals surface area contributed by atoms with Crippen LogP contribution >= 0.6 is 0 Å². The lowest BCUT2D eigenvalue weighted by Gasteiger charge is -2.20. The summed E-state index contributed by atoms with van der Waals surface area (Å²) in [4.78, 5) is 0. The van der Waals surface area contributed by atoms with Crippen LogP contribution in [-0.2, 0) is 16.8 Å². The molecule has 0 aliphatic rings. The average molecular weight is 279 g/mol. The predicted molar refractivity (Wildman–Crippen MR) is 85.2 cm³/mol. The van der Waals surface area contributed by atoms with Crippen LogP contribution in [0.3, 0.4) is 0 Å². The van der Waals surface area contributed by atoms with Crippen molar-refractivity contribution >= 4 is 17.1 Å². The van der Waals surface area contributed by atoms with Crippen LogP contribution in [0.4, 0.5) is 0 Å². The summed E-state index contributed by atoms with van der Waals surface area (Å²) in [6, 6.07) is 8.35. The molecule has 1 atom stereocenters. The molecule has 0 heterocycles. The molecular weight excluding hydrogens is 254 g/mol. The Morgan fingerprint density at radius 1 is 1.00 bits per heavy atom. The standard InChI is InChI=1S/C16H25NOS/c1-12(17-19(18)16(5,6)7)13-8-10-14(11-9-13)15(2,3)4/h8-11H,1-7H3/b17-12+/t19-/m0/s1. The fraction of sp³-hybridized carbons (Fsp3) is 0.562. The van der Waals surface area contributed by atoms with Crippen LogP contribution in [0, 0.1) is 0 Å². The maximum atomic E-state index is 12.0. The molecule has 3 heteroatoms. The van der Waals surface area contributed by atoms with E-state index in [2.05, 4.69) is 49.4 Å². The van der Waals surface area contributed by atoms with E-state index in [-0.39, 0.29) is 10.2 Å². The number of benzene rings is 1. The normalized spacial score (nSPS) is 15.5. The Morgan fingerprint density at radius 2 is 1.47 bits per heavy atom. The highest BCUT2D eigenvalue weighted by molar-refractivity contribution is 7.91. The highest BCUT2D eigenvalue weighted by atomic mass is 32.2. The molecule has 1 aromatic rings. The Bertz CT molecular complexity index is 449. The first-order valence-electron chi connectivity index (χ1n) is 6.60. The van der Waals surface area contributed by atoms with Crippen molar-refractivity contribution in [3.63, 3.8) is 0 Å². The van der Waals surface area contributed by atoms with Crippen LogP contribution < -0.4 is 0 Å². The number of hydrogen-bond acceptors (Lipinski definition) is 2. The summed E-state index contributed by atoms with van der Waals surface area (Å²) < 4.78 is 16.0. The second-order valence-electron chi connectivity index (χ2n) is 6.87. The van der Waals surface area contributed by atoms with E-state index in [1.807, 2.05) is 27.7 Å². The monoisotopic (exact) mass is 279 g/mol. The summed E-state index contributed by atoms with van der Waals surface area (Å²) in [5.74, 6) is 0. The Kier molecular flexibility index (Phi) is 4.86. The second-order valence-corrected chi connectivity index (χ2v) is 8.77. The molecule has 2 nitrogen and oxygen atoms in total. The average Bonchev–Trinajstić information content (AvgIpc) is 2.26. The van der Waals surface area contributed by atoms with Crippen molar-refractivity contribution in [3.8, 4) is 0 Å². The van der Waals surface area contributed by atoms with Gasteiger partial charge in [0.1, 0.15) is 16.1 Å². The predicted octanol–water partition coefficient (Wildman–Crippen LogP) is 4.26. The second kappa shape index (κ2) is 5.68. The van der Waals surface area contributed by atoms with Crippen LogP contribution in [0.2, 0.25) is 0 Å². The smallest absolute Gasteiger partial charge is 0.144 e. The van der Waals surface area contributed by atoms with Crippen molar-refractivity contribution in [1.29, 1.82) is 0 Å². The molecule has 0 amide bonds. The van der Waals surface area contributed by atoms with Gasteiger partial charge in [-0.2, -0.15) is 0 Å². The quantitative estimate of drug-likeness (QED) is 0.588. The minimum atomic E-state index is -1.20. The van der Waals surface area contributed by atoms with E-state index in [9.17, 15) is 4.55 Å². The van der Waals surface area contributed by atoms with Crippen LogP contribution in [-0.4, -0.2) is 15.0 Å². The van der Waals surface area contributed by atoms with Crippen molar-refractivity contribution in [2.75, 3.05) is 0 Å². The molecule has 0 fully saturated rings. The van der Waals surface area contributed by atoms with Gasteiger partial charge in [-0.05, 0) is 38.7 Å². The van der Waals surface area contributed by atoms with Crippen molar-refractivity contribution in [3.05, 3.63) is 35.4 Å². The Labute approximate surface area is 120 Å². The summed E-state index contributed by atoms with van der Waals surface area (Å²) in [6.45, 7) is 14.3. The third-order valence-electron chi connectivity index (χ3n) is 2.91. The largest absolute Gasteiger partial charge is 0.591 e. The molecule has 19 heavy (non-hydrogen) atoms. The molecule has 0 aliphatic carbocycles. The molecule has 0 saturated carbocycles. The van der Waals surface area contributed by atoms with Crippen molar-refractivity contribution < 1.29 is 4.55 Å². The Hall–Kier alpha value is -0.800. The molecule has 0 aromatic heterocycles. The fourth-order valence-corrected chi connectivity index (χ4v) is 2.15. The third kappa shape index (κ3) is 4.66. The van der Waals surface area contributed by atoms with E-state index >= 15 is 0 Å². The number of nitrogens with zero attached hydrogens (tertiary/aromatic N) is 1. The van der Waals surface area contributed by atoms with E-state index in [1.54, 1.807) is 0 Å². The SMILES string of the molecule is C/C(=N\[S@@+]([O-])C(C)(C)C)c1ccc(C(C)(C)C)cc1. The minimum absolute atomic E-state index is 0.151. The summed E-state index contributed by atoms with van der Waals surface area (Å²) in [7, 11) is 0. The molecule has 0 N–H and O–H groups in total. The molecule has 0 spiro atoms. The third-order valence-corrected chi connectivity index (χ3v) is 4.40. The Balaban J connectivity index is 2.96. The van der Waals surface area contributed by atoms with E-state index in [0.717, 1.165) is 11.3 Å². The number of hydrogen-bond donors (Lipinski definition) is 0. The van der Waals surface area contributed by atoms with Gasteiger partial charge in [0, 0.05) is 5.56 Å². The van der Waals surface area contributed by atoms with Gasteiger partial charge in [0.2, 0.25) is 0 Å². The first kappa shape index (κ1) is 16.3. The highest BCUT2D eigenvalue weighted by Gasteiger charge is 2.26. The molecular formula is C16H25NOS. The highest BCUT2D eigenvalue weighted by Crippen LogP contribution is 2.23. The summed E-state index contributed by atoms with van der Waals surface area (Å²) >= 11 is -1.20. The maximum Gasteiger partial charge on any atom is 0.144 e. The van der Waals surface area contributed by atoms with Gasteiger partial charge in [-0.1, -0.05) is 49.4 Å². The van der Waals surface area contributed by atoms with Gasteiger partial charge in [-0.15, -0.1) is 0 Å². The van der Waals surface area contributed by atoms with Crippen LogP contribution in [0.15, 0.2) is 28.7 Å². The molecule has 1 rings (SSSR count). The lowest BCUT2D eigenvalue weighted by Crippen LogP contribution is -2.26. The summed E-state index contributed by atoms with van der Waals surface area (Å²) in [5, 5.41) is 0. The molecule has 0 radical (unpaired) electrons. The topological polar surface area (TPSA) is 35.4 Å². The van der Waals surface area contributed by atoms with Crippen LogP contribution in [0.1, 0.15) is 59.6 Å². The number of rotatable bonds is 2. The summed E-state index contributed by atoms with van der Waals surface area (Å²) in [6.07, 6.45) is 0. The lowest BCUT2D eigenvalue weighted by molar-refractivity contribution is 0.561. The van der Waals surface area contributed by atoms with Crippen LogP contribution in [0.25, 0.3) is 0 Å². The van der Waals surface area contributed by atoms with E-state index in [4.69, 9.17) is 0 Å². The zero-order valence-electron chi connectivity index (χ0n) is 13.1. The van der Waals surface area contributed by atoms with Gasteiger partial charge in [-0.3, -0.25) is 0 Å². The van der Waals surface area contributed by atoms with Gasteiger partial charge in [0.25, 0.3) is 0 Å². The first-order chi connectivity index (χ1) is 8.51. The van der Waals surface area contributed by atoms with E-state index in [0.29, 0.717) is 0 Å². The molecule has 0 saturated heterocycles. The zero-order valence-corrected chi connectivity index (χ0v) is 13.9.